The van der Waals surface area contributed by atoms with Crippen LogP contribution in [-0.2, 0) is 22.5 Å². The van der Waals surface area contributed by atoms with Crippen molar-refractivity contribution in [2.75, 3.05) is 17.4 Å². The first-order valence-electron chi connectivity index (χ1n) is 7.96. The fourth-order valence-electron chi connectivity index (χ4n) is 2.99. The normalized spacial score (nSPS) is 15.9. The lowest BCUT2D eigenvalue weighted by Gasteiger charge is -2.21. The van der Waals surface area contributed by atoms with Gasteiger partial charge in [0.2, 0.25) is 5.91 Å². The summed E-state index contributed by atoms with van der Waals surface area (Å²) in [6.07, 6.45) is 4.14. The Morgan fingerprint density at radius 3 is 3.16 bits per heavy atom. The van der Waals surface area contributed by atoms with E-state index in [2.05, 4.69) is 20.4 Å². The summed E-state index contributed by atoms with van der Waals surface area (Å²) in [6.45, 7) is 0.396. The lowest BCUT2D eigenvalue weighted by atomic mass is 9.79. The Morgan fingerprint density at radius 2 is 2.28 bits per heavy atom. The summed E-state index contributed by atoms with van der Waals surface area (Å²) < 4.78 is 5.19. The van der Waals surface area contributed by atoms with E-state index in [1.165, 1.54) is 6.33 Å². The van der Waals surface area contributed by atoms with Gasteiger partial charge in [-0.3, -0.25) is 9.80 Å². The molecule has 1 amide bonds. The quantitative estimate of drug-likeness (QED) is 0.466. The molecule has 9 heteroatoms. The molecule has 4 rings (SSSR count). The van der Waals surface area contributed by atoms with E-state index in [9.17, 15) is 9.82 Å². The number of hydrogen-bond acceptors (Lipinski definition) is 7. The van der Waals surface area contributed by atoms with Gasteiger partial charge in [0.05, 0.1) is 12.8 Å². The van der Waals surface area contributed by atoms with Crippen LogP contribution >= 0.6 is 0 Å². The fraction of sp³-hybridized carbons (Fsp3) is 0.250. The first-order chi connectivity index (χ1) is 12.1. The monoisotopic (exact) mass is 337 g/mol. The second-order valence-corrected chi connectivity index (χ2v) is 5.96. The van der Waals surface area contributed by atoms with E-state index >= 15 is 0 Å². The van der Waals surface area contributed by atoms with Crippen LogP contribution in [-0.4, -0.2) is 41.3 Å². The average molecular weight is 337 g/mol. The van der Waals surface area contributed by atoms with Crippen LogP contribution < -0.4 is 15.8 Å². The minimum absolute atomic E-state index is 0.0362. The molecule has 0 fully saturated rings. The smallest absolute Gasteiger partial charge is 0.423 e. The summed E-state index contributed by atoms with van der Waals surface area (Å²) in [5.74, 6) is 1.18. The van der Waals surface area contributed by atoms with Crippen molar-refractivity contribution in [1.82, 2.24) is 9.97 Å². The van der Waals surface area contributed by atoms with E-state index in [4.69, 9.17) is 4.65 Å². The maximum atomic E-state index is 11.5. The highest BCUT2D eigenvalue weighted by Crippen LogP contribution is 2.27. The van der Waals surface area contributed by atoms with Crippen LogP contribution in [0.5, 0.6) is 0 Å². The van der Waals surface area contributed by atoms with Gasteiger partial charge in [-0.15, -0.1) is 0 Å². The van der Waals surface area contributed by atoms with Crippen molar-refractivity contribution in [3.63, 3.8) is 0 Å². The van der Waals surface area contributed by atoms with Crippen molar-refractivity contribution in [1.29, 1.82) is 0 Å². The van der Waals surface area contributed by atoms with Gasteiger partial charge in [0, 0.05) is 19.0 Å². The number of fused-ring (bicyclic) bond motifs is 2. The number of nitrogens with zero attached hydrogens (tertiary/aromatic N) is 4. The van der Waals surface area contributed by atoms with Gasteiger partial charge >= 0.3 is 7.12 Å². The predicted octanol–water partition coefficient (Wildman–Crippen LogP) is 0.0493. The molecule has 2 aliphatic rings. The first kappa shape index (κ1) is 15.7. The van der Waals surface area contributed by atoms with Crippen molar-refractivity contribution in [2.24, 2.45) is 5.10 Å². The Kier molecular flexibility index (Phi) is 3.94. The molecule has 1 aromatic heterocycles. The molecular formula is C16H16BN5O3. The molecule has 0 spiro atoms. The van der Waals surface area contributed by atoms with E-state index in [-0.39, 0.29) is 5.91 Å². The van der Waals surface area contributed by atoms with Crippen LogP contribution in [0.1, 0.15) is 23.1 Å². The van der Waals surface area contributed by atoms with Gasteiger partial charge in [0.1, 0.15) is 12.1 Å². The molecule has 0 bridgehead atoms. The molecule has 0 aliphatic carbocycles. The Morgan fingerprint density at radius 1 is 1.40 bits per heavy atom. The number of carbonyl (C=O) groups is 1. The molecule has 1 aromatic carbocycles. The summed E-state index contributed by atoms with van der Waals surface area (Å²) in [7, 11) is 0.960. The Labute approximate surface area is 144 Å². The number of anilines is 2. The minimum Gasteiger partial charge on any atom is -0.423 e. The third-order valence-corrected chi connectivity index (χ3v) is 4.30. The van der Waals surface area contributed by atoms with Crippen LogP contribution in [0.2, 0.25) is 0 Å². The summed E-state index contributed by atoms with van der Waals surface area (Å²) >= 11 is 0. The number of amides is 1. The molecule has 2 aromatic rings. The summed E-state index contributed by atoms with van der Waals surface area (Å²) in [4.78, 5) is 19.9. The average Bonchev–Trinajstić information content (AvgIpc) is 2.99. The topological polar surface area (TPSA) is 99.9 Å². The van der Waals surface area contributed by atoms with E-state index in [1.54, 1.807) is 18.3 Å². The molecule has 8 nitrogen and oxygen atoms in total. The molecule has 0 unspecified atom stereocenters. The van der Waals surface area contributed by atoms with Crippen molar-refractivity contribution >= 4 is 36.3 Å². The Bertz CT molecular complexity index is 873. The SMILES string of the molecule is CN(/N=C/c1ccc2c(c1)COB2O)c1ncnc2c1CCC(=O)N2. The van der Waals surface area contributed by atoms with Gasteiger partial charge in [0.25, 0.3) is 0 Å². The number of benzene rings is 1. The number of hydrazone groups is 1. The number of nitrogens with one attached hydrogen (secondary N) is 1. The standard InChI is InChI=1S/C16H16BN5O3/c1-22(16-12-3-5-14(23)21-15(12)18-9-19-16)20-7-10-2-4-13-11(6-10)8-25-17(13)24/h2,4,6-7,9,24H,3,5,8H2,1H3,(H,18,19,21,23)/b20-7+. The lowest BCUT2D eigenvalue weighted by Crippen LogP contribution is -2.27. The van der Waals surface area contributed by atoms with Gasteiger partial charge in [0.15, 0.2) is 5.82 Å². The third kappa shape index (κ3) is 2.99. The number of carbonyl (C=O) groups excluding carboxylic acids is 1. The zero-order chi connectivity index (χ0) is 17.4. The highest BCUT2D eigenvalue weighted by molar-refractivity contribution is 6.61. The minimum atomic E-state index is -0.841. The molecule has 0 atom stereocenters. The van der Waals surface area contributed by atoms with Crippen molar-refractivity contribution in [3.8, 4) is 0 Å². The Hall–Kier alpha value is -2.78. The van der Waals surface area contributed by atoms with Crippen molar-refractivity contribution in [2.45, 2.75) is 19.4 Å². The molecule has 0 radical (unpaired) electrons. The highest BCUT2D eigenvalue weighted by Gasteiger charge is 2.27. The molecular weight excluding hydrogens is 321 g/mol. The molecule has 0 saturated carbocycles. The summed E-state index contributed by atoms with van der Waals surface area (Å²) in [6, 6.07) is 5.67. The first-order valence-corrected chi connectivity index (χ1v) is 7.96. The summed E-state index contributed by atoms with van der Waals surface area (Å²) in [5.41, 5.74) is 3.54. The number of aromatic nitrogens is 2. The lowest BCUT2D eigenvalue weighted by molar-refractivity contribution is -0.116. The summed E-state index contributed by atoms with van der Waals surface area (Å²) in [5, 5.41) is 18.5. The molecule has 25 heavy (non-hydrogen) atoms. The van der Waals surface area contributed by atoms with Gasteiger partial charge < -0.3 is 15.0 Å². The maximum absolute atomic E-state index is 11.5. The molecule has 2 aliphatic heterocycles. The zero-order valence-electron chi connectivity index (χ0n) is 13.6. The van der Waals surface area contributed by atoms with Crippen LogP contribution in [0.3, 0.4) is 0 Å². The Balaban J connectivity index is 1.57. The van der Waals surface area contributed by atoms with Gasteiger partial charge in [-0.25, -0.2) is 9.97 Å². The third-order valence-electron chi connectivity index (χ3n) is 4.30. The fourth-order valence-corrected chi connectivity index (χ4v) is 2.99. The van der Waals surface area contributed by atoms with Gasteiger partial charge in [-0.05, 0) is 29.1 Å². The van der Waals surface area contributed by atoms with Crippen LogP contribution in [0.4, 0.5) is 11.6 Å². The largest absolute Gasteiger partial charge is 0.491 e. The van der Waals surface area contributed by atoms with Crippen molar-refractivity contribution < 1.29 is 14.5 Å². The predicted molar refractivity (Wildman–Crippen MR) is 93.8 cm³/mol. The maximum Gasteiger partial charge on any atom is 0.491 e. The molecule has 126 valence electrons. The molecule has 3 heterocycles. The second-order valence-electron chi connectivity index (χ2n) is 5.96. The second kappa shape index (κ2) is 6.27. The van der Waals surface area contributed by atoms with Crippen LogP contribution in [0, 0.1) is 0 Å². The van der Waals surface area contributed by atoms with Crippen LogP contribution in [0.15, 0.2) is 29.6 Å². The van der Waals surface area contributed by atoms with Gasteiger partial charge in [-0.1, -0.05) is 12.1 Å². The van der Waals surface area contributed by atoms with E-state index in [0.717, 1.165) is 22.2 Å². The van der Waals surface area contributed by atoms with E-state index < -0.39 is 7.12 Å². The van der Waals surface area contributed by atoms with Gasteiger partial charge in [-0.2, -0.15) is 5.10 Å². The zero-order valence-corrected chi connectivity index (χ0v) is 13.6. The highest BCUT2D eigenvalue weighted by atomic mass is 16.5. The van der Waals surface area contributed by atoms with Crippen LogP contribution in [0.25, 0.3) is 0 Å². The number of hydrogen-bond donors (Lipinski definition) is 2. The van der Waals surface area contributed by atoms with E-state index in [0.29, 0.717) is 31.1 Å². The molecule has 2 N–H and O–H groups in total. The van der Waals surface area contributed by atoms with Crippen molar-refractivity contribution in [3.05, 3.63) is 41.2 Å². The number of rotatable bonds is 3. The van der Waals surface area contributed by atoms with E-state index in [1.807, 2.05) is 18.2 Å². The molecule has 0 saturated heterocycles.